The van der Waals surface area contributed by atoms with Crippen LogP contribution in [0.1, 0.15) is 18.4 Å². The summed E-state index contributed by atoms with van der Waals surface area (Å²) in [5.41, 5.74) is 4.63. The van der Waals surface area contributed by atoms with Crippen LogP contribution in [0.5, 0.6) is 0 Å². The molecule has 1 atom stereocenters. The fourth-order valence-corrected chi connectivity index (χ4v) is 3.06. The van der Waals surface area contributed by atoms with Crippen molar-refractivity contribution in [3.05, 3.63) is 54.1 Å². The van der Waals surface area contributed by atoms with E-state index in [9.17, 15) is 9.90 Å². The average Bonchev–Trinajstić information content (AvgIpc) is 2.98. The number of carboxylic acids is 1. The molecule has 0 aromatic heterocycles. The summed E-state index contributed by atoms with van der Waals surface area (Å²) < 4.78 is 0. The predicted octanol–water partition coefficient (Wildman–Crippen LogP) is 3.72. The van der Waals surface area contributed by atoms with Crippen LogP contribution in [0.4, 0.5) is 5.69 Å². The first-order chi connectivity index (χ1) is 10.2. The minimum atomic E-state index is -0.726. The van der Waals surface area contributed by atoms with Crippen LogP contribution < -0.4 is 4.90 Å². The number of aryl methyl sites for hydroxylation is 1. The van der Waals surface area contributed by atoms with Crippen molar-refractivity contribution in [1.82, 2.24) is 0 Å². The van der Waals surface area contributed by atoms with Gasteiger partial charge in [0.05, 0.1) is 0 Å². The van der Waals surface area contributed by atoms with E-state index < -0.39 is 5.97 Å². The molecule has 0 aliphatic carbocycles. The van der Waals surface area contributed by atoms with Crippen molar-refractivity contribution >= 4 is 11.7 Å². The van der Waals surface area contributed by atoms with Crippen molar-refractivity contribution in [2.24, 2.45) is 0 Å². The van der Waals surface area contributed by atoms with Crippen LogP contribution in [0.25, 0.3) is 11.1 Å². The first-order valence-electron chi connectivity index (χ1n) is 7.32. The maximum Gasteiger partial charge on any atom is 0.326 e. The summed E-state index contributed by atoms with van der Waals surface area (Å²) in [5.74, 6) is -0.726. The summed E-state index contributed by atoms with van der Waals surface area (Å²) in [7, 11) is 0. The minimum absolute atomic E-state index is 0.380. The van der Waals surface area contributed by atoms with E-state index in [0.29, 0.717) is 0 Å². The van der Waals surface area contributed by atoms with Gasteiger partial charge in [-0.1, -0.05) is 36.4 Å². The van der Waals surface area contributed by atoms with Crippen molar-refractivity contribution in [2.45, 2.75) is 25.8 Å². The molecule has 0 amide bonds. The van der Waals surface area contributed by atoms with Crippen LogP contribution in [-0.4, -0.2) is 23.7 Å². The van der Waals surface area contributed by atoms with Crippen LogP contribution in [0.15, 0.2) is 48.5 Å². The third-order valence-electron chi connectivity index (χ3n) is 4.19. The molecule has 1 aliphatic heterocycles. The second-order valence-electron chi connectivity index (χ2n) is 5.55. The van der Waals surface area contributed by atoms with E-state index in [2.05, 4.69) is 31.2 Å². The number of nitrogens with zero attached hydrogens (tertiary/aromatic N) is 1. The van der Waals surface area contributed by atoms with Crippen LogP contribution in [0.3, 0.4) is 0 Å². The van der Waals surface area contributed by atoms with Gasteiger partial charge in [0, 0.05) is 12.2 Å². The Balaban J connectivity index is 1.88. The van der Waals surface area contributed by atoms with Gasteiger partial charge in [-0.15, -0.1) is 0 Å². The van der Waals surface area contributed by atoms with E-state index in [-0.39, 0.29) is 6.04 Å². The Hall–Kier alpha value is -2.29. The smallest absolute Gasteiger partial charge is 0.326 e. The maximum absolute atomic E-state index is 11.3. The maximum atomic E-state index is 11.3. The van der Waals surface area contributed by atoms with Crippen molar-refractivity contribution in [2.75, 3.05) is 11.4 Å². The molecule has 3 nitrogen and oxygen atoms in total. The molecule has 1 saturated heterocycles. The Morgan fingerprint density at radius 3 is 2.52 bits per heavy atom. The first-order valence-corrected chi connectivity index (χ1v) is 7.32. The molecule has 21 heavy (non-hydrogen) atoms. The number of hydrogen-bond acceptors (Lipinski definition) is 2. The topological polar surface area (TPSA) is 40.5 Å². The summed E-state index contributed by atoms with van der Waals surface area (Å²) in [6.07, 6.45) is 1.67. The van der Waals surface area contributed by atoms with Crippen molar-refractivity contribution < 1.29 is 9.90 Å². The Morgan fingerprint density at radius 2 is 1.86 bits per heavy atom. The van der Waals surface area contributed by atoms with Gasteiger partial charge in [-0.25, -0.2) is 4.79 Å². The van der Waals surface area contributed by atoms with Crippen molar-refractivity contribution in [3.63, 3.8) is 0 Å². The molecule has 1 N–H and O–H groups in total. The zero-order valence-corrected chi connectivity index (χ0v) is 12.1. The summed E-state index contributed by atoms with van der Waals surface area (Å²) >= 11 is 0. The predicted molar refractivity (Wildman–Crippen MR) is 84.6 cm³/mol. The number of carbonyl (C=O) groups is 1. The molecular weight excluding hydrogens is 262 g/mol. The van der Waals surface area contributed by atoms with Crippen LogP contribution in [0.2, 0.25) is 0 Å². The molecule has 2 aromatic rings. The zero-order valence-electron chi connectivity index (χ0n) is 12.1. The van der Waals surface area contributed by atoms with Gasteiger partial charge in [-0.05, 0) is 48.6 Å². The second kappa shape index (κ2) is 5.60. The molecule has 0 saturated carbocycles. The highest BCUT2D eigenvalue weighted by molar-refractivity contribution is 5.79. The standard InChI is InChI=1S/C18H19NO2/c1-13-5-2-3-6-16(13)14-8-10-15(11-9-14)19-12-4-7-17(19)18(20)21/h2-3,5-6,8-11,17H,4,7,12H2,1H3,(H,20,21). The van der Waals surface area contributed by atoms with Gasteiger partial charge in [0.15, 0.2) is 0 Å². The molecule has 3 rings (SSSR count). The molecule has 1 fully saturated rings. The quantitative estimate of drug-likeness (QED) is 0.932. The molecule has 0 radical (unpaired) electrons. The molecule has 1 aliphatic rings. The average molecular weight is 281 g/mol. The Bertz CT molecular complexity index is 649. The summed E-state index contributed by atoms with van der Waals surface area (Å²) in [4.78, 5) is 13.3. The monoisotopic (exact) mass is 281 g/mol. The molecule has 0 bridgehead atoms. The highest BCUT2D eigenvalue weighted by atomic mass is 16.4. The van der Waals surface area contributed by atoms with E-state index in [1.165, 1.54) is 16.7 Å². The van der Waals surface area contributed by atoms with Crippen LogP contribution in [0, 0.1) is 6.92 Å². The first kappa shape index (κ1) is 13.7. The molecule has 108 valence electrons. The Kier molecular flexibility index (Phi) is 3.65. The van der Waals surface area contributed by atoms with E-state index in [1.54, 1.807) is 0 Å². The third-order valence-corrected chi connectivity index (χ3v) is 4.19. The Labute approximate surface area is 124 Å². The number of anilines is 1. The lowest BCUT2D eigenvalue weighted by Gasteiger charge is -2.23. The lowest BCUT2D eigenvalue weighted by atomic mass is 10.0. The zero-order chi connectivity index (χ0) is 14.8. The molecule has 1 unspecified atom stereocenters. The normalized spacial score (nSPS) is 18.0. The number of benzene rings is 2. The van der Waals surface area contributed by atoms with Crippen LogP contribution >= 0.6 is 0 Å². The summed E-state index contributed by atoms with van der Waals surface area (Å²) in [6.45, 7) is 2.92. The van der Waals surface area contributed by atoms with Crippen LogP contribution in [-0.2, 0) is 4.79 Å². The lowest BCUT2D eigenvalue weighted by Crippen LogP contribution is -2.35. The largest absolute Gasteiger partial charge is 0.480 e. The second-order valence-corrected chi connectivity index (χ2v) is 5.55. The van der Waals surface area contributed by atoms with Gasteiger partial charge in [-0.3, -0.25) is 0 Å². The summed E-state index contributed by atoms with van der Waals surface area (Å²) in [6, 6.07) is 16.1. The number of hydrogen-bond donors (Lipinski definition) is 1. The van der Waals surface area contributed by atoms with Gasteiger partial charge in [-0.2, -0.15) is 0 Å². The van der Waals surface area contributed by atoms with Gasteiger partial charge in [0.25, 0.3) is 0 Å². The number of carboxylic acid groups (broad SMARTS) is 1. The SMILES string of the molecule is Cc1ccccc1-c1ccc(N2CCCC2C(=O)O)cc1. The molecule has 3 heteroatoms. The van der Waals surface area contributed by atoms with E-state index in [0.717, 1.165) is 25.1 Å². The fraction of sp³-hybridized carbons (Fsp3) is 0.278. The third kappa shape index (κ3) is 2.64. The molecule has 2 aromatic carbocycles. The van der Waals surface area contributed by atoms with Gasteiger partial charge >= 0.3 is 5.97 Å². The van der Waals surface area contributed by atoms with E-state index in [1.807, 2.05) is 29.2 Å². The lowest BCUT2D eigenvalue weighted by molar-refractivity contribution is -0.138. The number of aliphatic carboxylic acids is 1. The van der Waals surface area contributed by atoms with Gasteiger partial charge < -0.3 is 10.0 Å². The van der Waals surface area contributed by atoms with Gasteiger partial charge in [0.2, 0.25) is 0 Å². The fourth-order valence-electron chi connectivity index (χ4n) is 3.06. The highest BCUT2D eigenvalue weighted by Crippen LogP contribution is 2.29. The Morgan fingerprint density at radius 1 is 1.14 bits per heavy atom. The van der Waals surface area contributed by atoms with Gasteiger partial charge in [0.1, 0.15) is 6.04 Å². The van der Waals surface area contributed by atoms with Crippen molar-refractivity contribution in [3.8, 4) is 11.1 Å². The summed E-state index contributed by atoms with van der Waals surface area (Å²) in [5, 5.41) is 9.27. The molecule has 1 heterocycles. The van der Waals surface area contributed by atoms with E-state index in [4.69, 9.17) is 0 Å². The molecule has 0 spiro atoms. The van der Waals surface area contributed by atoms with E-state index >= 15 is 0 Å². The number of rotatable bonds is 3. The van der Waals surface area contributed by atoms with Crippen molar-refractivity contribution in [1.29, 1.82) is 0 Å². The highest BCUT2D eigenvalue weighted by Gasteiger charge is 2.30. The molecular formula is C18H19NO2. The minimum Gasteiger partial charge on any atom is -0.480 e.